The lowest BCUT2D eigenvalue weighted by molar-refractivity contribution is 0.662. The number of nitrogens with one attached hydrogen (secondary N) is 1. The number of aliphatic imine (C=N–C) groups is 1. The molecule has 1 aliphatic carbocycles. The molecule has 10 rings (SSSR count). The molecule has 0 unspecified atom stereocenters. The molecule has 0 amide bonds. The number of fused-ring (bicyclic) bond motifs is 7. The average Bonchev–Trinajstić information content (AvgIpc) is 3.51. The van der Waals surface area contributed by atoms with Crippen LogP contribution in [-0.4, -0.2) is 11.9 Å². The van der Waals surface area contributed by atoms with E-state index in [1.165, 1.54) is 66.1 Å². The molecule has 0 saturated heterocycles. The van der Waals surface area contributed by atoms with Crippen LogP contribution in [0, 0.1) is 5.41 Å². The molecule has 57 heavy (non-hydrogen) atoms. The summed E-state index contributed by atoms with van der Waals surface area (Å²) in [6.45, 7) is 4.75. The largest absolute Gasteiger partial charge is 0.300 e. The van der Waals surface area contributed by atoms with E-state index in [2.05, 4.69) is 172 Å². The van der Waals surface area contributed by atoms with Crippen LogP contribution >= 0.6 is 0 Å². The minimum absolute atomic E-state index is 0.144. The van der Waals surface area contributed by atoms with E-state index >= 15 is 0 Å². The van der Waals surface area contributed by atoms with E-state index in [1.807, 2.05) is 42.6 Å². The number of rotatable bonds is 7. The van der Waals surface area contributed by atoms with Crippen molar-refractivity contribution in [3.05, 3.63) is 222 Å². The van der Waals surface area contributed by atoms with Gasteiger partial charge < -0.3 is 5.41 Å². The van der Waals surface area contributed by atoms with Gasteiger partial charge in [0.15, 0.2) is 0 Å². The molecule has 0 aliphatic heterocycles. The van der Waals surface area contributed by atoms with Gasteiger partial charge in [0, 0.05) is 22.8 Å². The summed E-state index contributed by atoms with van der Waals surface area (Å²) in [6, 6.07) is 66.9. The molecule has 0 heterocycles. The molecule has 9 aromatic carbocycles. The van der Waals surface area contributed by atoms with Crippen LogP contribution in [0.2, 0.25) is 0 Å². The van der Waals surface area contributed by atoms with E-state index in [0.717, 1.165) is 33.2 Å². The molecule has 0 bridgehead atoms. The number of hydrogen-bond acceptors (Lipinski definition) is 2. The molecular weight excluding hydrogens is 689 g/mol. The topological polar surface area (TPSA) is 36.2 Å². The minimum atomic E-state index is -0.144. The zero-order valence-electron chi connectivity index (χ0n) is 32.0. The summed E-state index contributed by atoms with van der Waals surface area (Å²) in [5.41, 5.74) is 14.2. The summed E-state index contributed by atoms with van der Waals surface area (Å²) in [5, 5.41) is 16.2. The van der Waals surface area contributed by atoms with Crippen molar-refractivity contribution in [3.8, 4) is 33.4 Å². The third-order valence-electron chi connectivity index (χ3n) is 11.8. The third kappa shape index (κ3) is 5.98. The van der Waals surface area contributed by atoms with Crippen LogP contribution in [0.4, 0.5) is 0 Å². The first kappa shape index (κ1) is 34.3. The van der Waals surface area contributed by atoms with Crippen molar-refractivity contribution < 1.29 is 0 Å². The lowest BCUT2D eigenvalue weighted by Crippen LogP contribution is -2.16. The smallest absolute Gasteiger partial charge is 0.0723 e. The van der Waals surface area contributed by atoms with E-state index in [-0.39, 0.29) is 5.41 Å². The summed E-state index contributed by atoms with van der Waals surface area (Å²) in [5.74, 6) is 0. The molecule has 0 atom stereocenters. The normalized spacial score (nSPS) is 13.3. The minimum Gasteiger partial charge on any atom is -0.300 e. The highest BCUT2D eigenvalue weighted by atomic mass is 14.7. The van der Waals surface area contributed by atoms with E-state index < -0.39 is 0 Å². The second-order valence-electron chi connectivity index (χ2n) is 15.5. The molecule has 0 aromatic heterocycles. The van der Waals surface area contributed by atoms with Crippen LogP contribution in [0.3, 0.4) is 0 Å². The number of hydrogen-bond donors (Lipinski definition) is 1. The standard InChI is InChI=1S/C55H40N2/c1-55(2)50-31-29-37-15-8-9-22-46(37)53(50)49-25-13-24-47(54(49)55)41-20-12-19-40(33-41)45-30-28-43(44-21-10-11-23-48(44)45)35-57-52(34-51(56)38-16-4-3-5-17-38)42-27-26-36-14-6-7-18-39(36)32-42/h3-35,56H,1-2H3/b52-34-,56-51?,57-35?. The Hall–Kier alpha value is -7.16. The maximum atomic E-state index is 8.97. The first-order valence-corrected chi connectivity index (χ1v) is 19.6. The van der Waals surface area contributed by atoms with Gasteiger partial charge in [-0.25, -0.2) is 0 Å². The Labute approximate surface area is 333 Å². The first-order valence-electron chi connectivity index (χ1n) is 19.6. The SMILES string of the molecule is CC1(C)c2ccc3ccccc3c2-c2cccc(-c3cccc(-c4ccc(C=N/C(=C\C(=N)c5ccccc5)c5ccc6ccccc6c5)c5ccccc45)c3)c21. The van der Waals surface area contributed by atoms with Gasteiger partial charge in [-0.15, -0.1) is 0 Å². The monoisotopic (exact) mass is 728 g/mol. The summed E-state index contributed by atoms with van der Waals surface area (Å²) in [4.78, 5) is 5.12. The van der Waals surface area contributed by atoms with Crippen molar-refractivity contribution in [2.24, 2.45) is 4.99 Å². The Morgan fingerprint density at radius 1 is 0.491 bits per heavy atom. The van der Waals surface area contributed by atoms with Gasteiger partial charge in [-0.1, -0.05) is 190 Å². The lowest BCUT2D eigenvalue weighted by Gasteiger charge is -2.25. The van der Waals surface area contributed by atoms with E-state index in [0.29, 0.717) is 5.71 Å². The van der Waals surface area contributed by atoms with Crippen LogP contribution < -0.4 is 0 Å². The van der Waals surface area contributed by atoms with Crippen molar-refractivity contribution in [1.82, 2.24) is 0 Å². The number of nitrogens with zero attached hydrogens (tertiary/aromatic N) is 1. The highest BCUT2D eigenvalue weighted by Crippen LogP contribution is 2.54. The second kappa shape index (κ2) is 13.8. The molecule has 1 N–H and O–H groups in total. The van der Waals surface area contributed by atoms with Crippen molar-refractivity contribution in [3.63, 3.8) is 0 Å². The lowest BCUT2D eigenvalue weighted by atomic mass is 9.78. The van der Waals surface area contributed by atoms with E-state index in [1.54, 1.807) is 0 Å². The quantitative estimate of drug-likeness (QED) is 0.159. The molecule has 9 aromatic rings. The fraction of sp³-hybridized carbons (Fsp3) is 0.0545. The molecule has 0 fully saturated rings. The van der Waals surface area contributed by atoms with E-state index in [9.17, 15) is 0 Å². The van der Waals surface area contributed by atoms with Gasteiger partial charge in [0.2, 0.25) is 0 Å². The molecule has 0 radical (unpaired) electrons. The Balaban J connectivity index is 1.05. The molecule has 0 saturated carbocycles. The second-order valence-corrected chi connectivity index (χ2v) is 15.5. The van der Waals surface area contributed by atoms with Gasteiger partial charge in [-0.2, -0.15) is 0 Å². The van der Waals surface area contributed by atoms with E-state index in [4.69, 9.17) is 10.4 Å². The maximum absolute atomic E-state index is 8.97. The highest BCUT2D eigenvalue weighted by Gasteiger charge is 2.38. The van der Waals surface area contributed by atoms with Crippen molar-refractivity contribution in [2.75, 3.05) is 0 Å². The van der Waals surface area contributed by atoms with Gasteiger partial charge in [-0.3, -0.25) is 4.99 Å². The van der Waals surface area contributed by atoms with Crippen LogP contribution in [0.1, 0.15) is 41.7 Å². The van der Waals surface area contributed by atoms with Crippen molar-refractivity contribution in [1.29, 1.82) is 5.41 Å². The van der Waals surface area contributed by atoms with Crippen LogP contribution in [-0.2, 0) is 5.41 Å². The molecule has 2 nitrogen and oxygen atoms in total. The van der Waals surface area contributed by atoms with Gasteiger partial charge in [-0.05, 0) is 101 Å². The van der Waals surface area contributed by atoms with Gasteiger partial charge in [0.05, 0.1) is 11.4 Å². The summed E-state index contributed by atoms with van der Waals surface area (Å²) >= 11 is 0. The Kier molecular flexibility index (Phi) is 8.34. The van der Waals surface area contributed by atoms with Crippen molar-refractivity contribution >= 4 is 49.9 Å². The van der Waals surface area contributed by atoms with Crippen molar-refractivity contribution in [2.45, 2.75) is 19.3 Å². The predicted octanol–water partition coefficient (Wildman–Crippen LogP) is 14.3. The molecule has 1 aliphatic rings. The molecule has 0 spiro atoms. The maximum Gasteiger partial charge on any atom is 0.0723 e. The molecular formula is C55H40N2. The van der Waals surface area contributed by atoms with Gasteiger partial charge >= 0.3 is 0 Å². The fourth-order valence-corrected chi connectivity index (χ4v) is 8.95. The zero-order valence-corrected chi connectivity index (χ0v) is 32.0. The Morgan fingerprint density at radius 3 is 1.96 bits per heavy atom. The summed E-state index contributed by atoms with van der Waals surface area (Å²) in [7, 11) is 0. The van der Waals surface area contributed by atoms with Crippen LogP contribution in [0.25, 0.3) is 71.4 Å². The Bertz CT molecular complexity index is 3110. The summed E-state index contributed by atoms with van der Waals surface area (Å²) < 4.78 is 0. The molecule has 2 heteroatoms. The van der Waals surface area contributed by atoms with Crippen LogP contribution in [0.5, 0.6) is 0 Å². The molecule has 270 valence electrons. The number of benzene rings is 9. The third-order valence-corrected chi connectivity index (χ3v) is 11.8. The van der Waals surface area contributed by atoms with Gasteiger partial charge in [0.1, 0.15) is 0 Å². The average molecular weight is 729 g/mol. The highest BCUT2D eigenvalue weighted by molar-refractivity contribution is 6.12. The summed E-state index contributed by atoms with van der Waals surface area (Å²) in [6.07, 6.45) is 3.83. The van der Waals surface area contributed by atoms with Crippen LogP contribution in [0.15, 0.2) is 199 Å². The fourth-order valence-electron chi connectivity index (χ4n) is 8.95. The first-order chi connectivity index (χ1) is 27.9. The van der Waals surface area contributed by atoms with Gasteiger partial charge in [0.25, 0.3) is 0 Å². The predicted molar refractivity (Wildman–Crippen MR) is 243 cm³/mol. The Morgan fingerprint density at radius 2 is 1.14 bits per heavy atom. The zero-order chi connectivity index (χ0) is 38.5. The number of allylic oxidation sites excluding steroid dienone is 1.